The molecule has 1 aliphatic heterocycles. The van der Waals surface area contributed by atoms with Gasteiger partial charge in [0.2, 0.25) is 0 Å². The Kier molecular flexibility index (Phi) is 6.27. The Hall–Kier alpha value is -4.98. The standard InChI is InChI=1S/C30H27N7O/c1-20-12-15-23(16-13-20)31-30(38)32-26-19-22(24-9-3-4-10-25(24)29-33-35-36-34-29)14-17-28(26)37-18-6-8-21-7-2-5-11-27(21)37/h2-5,7,9-17,19H,6,8,18H2,1H3,(H2,31,32,38)(H,33,34,35,36). The van der Waals surface area contributed by atoms with Crippen molar-refractivity contribution in [2.75, 3.05) is 22.1 Å². The second-order valence-corrected chi connectivity index (χ2v) is 9.36. The number of carbonyl (C=O) groups is 1. The van der Waals surface area contributed by atoms with Crippen LogP contribution in [0.1, 0.15) is 17.5 Å². The zero-order chi connectivity index (χ0) is 25.9. The number of nitrogens with zero attached hydrogens (tertiary/aromatic N) is 4. The summed E-state index contributed by atoms with van der Waals surface area (Å²) >= 11 is 0. The number of rotatable bonds is 5. The fourth-order valence-corrected chi connectivity index (χ4v) is 4.96. The second kappa shape index (κ2) is 10.2. The topological polar surface area (TPSA) is 98.8 Å². The van der Waals surface area contributed by atoms with Gasteiger partial charge in [0.1, 0.15) is 0 Å². The largest absolute Gasteiger partial charge is 0.340 e. The number of para-hydroxylation sites is 1. The summed E-state index contributed by atoms with van der Waals surface area (Å²) in [6.07, 6.45) is 2.08. The minimum absolute atomic E-state index is 0.301. The molecule has 0 unspecified atom stereocenters. The Labute approximate surface area is 220 Å². The third-order valence-electron chi connectivity index (χ3n) is 6.79. The molecule has 0 saturated heterocycles. The van der Waals surface area contributed by atoms with Crippen molar-refractivity contribution >= 4 is 28.8 Å². The predicted molar refractivity (Wildman–Crippen MR) is 151 cm³/mol. The van der Waals surface area contributed by atoms with Gasteiger partial charge in [0.05, 0.1) is 11.4 Å². The monoisotopic (exact) mass is 501 g/mol. The summed E-state index contributed by atoms with van der Waals surface area (Å²) in [6.45, 7) is 2.88. The number of aryl methyl sites for hydroxylation is 2. The van der Waals surface area contributed by atoms with Crippen LogP contribution in [0.25, 0.3) is 22.5 Å². The fraction of sp³-hybridized carbons (Fsp3) is 0.133. The predicted octanol–water partition coefficient (Wildman–Crippen LogP) is 6.57. The normalized spacial score (nSPS) is 12.6. The number of aromatic nitrogens is 4. The van der Waals surface area contributed by atoms with E-state index in [0.29, 0.717) is 11.5 Å². The molecule has 1 aromatic heterocycles. The van der Waals surface area contributed by atoms with Gasteiger partial charge in [-0.05, 0) is 77.2 Å². The van der Waals surface area contributed by atoms with Crippen molar-refractivity contribution in [2.24, 2.45) is 0 Å². The summed E-state index contributed by atoms with van der Waals surface area (Å²) in [4.78, 5) is 15.5. The van der Waals surface area contributed by atoms with Gasteiger partial charge < -0.3 is 15.5 Å². The Morgan fingerprint density at radius 2 is 1.66 bits per heavy atom. The minimum Gasteiger partial charge on any atom is -0.340 e. The zero-order valence-corrected chi connectivity index (χ0v) is 21.0. The van der Waals surface area contributed by atoms with Crippen LogP contribution in [-0.4, -0.2) is 33.2 Å². The Bertz CT molecular complexity index is 1580. The van der Waals surface area contributed by atoms with Gasteiger partial charge in [-0.15, -0.1) is 5.10 Å². The number of anilines is 4. The zero-order valence-electron chi connectivity index (χ0n) is 21.0. The van der Waals surface area contributed by atoms with Crippen LogP contribution in [0.15, 0.2) is 91.0 Å². The molecule has 0 radical (unpaired) electrons. The number of benzene rings is 4. The number of hydrogen-bond donors (Lipinski definition) is 3. The number of carbonyl (C=O) groups excluding carboxylic acids is 1. The van der Waals surface area contributed by atoms with Gasteiger partial charge in [-0.25, -0.2) is 9.89 Å². The maximum absolute atomic E-state index is 13.2. The molecule has 38 heavy (non-hydrogen) atoms. The van der Waals surface area contributed by atoms with E-state index in [2.05, 4.69) is 72.6 Å². The summed E-state index contributed by atoms with van der Waals surface area (Å²) in [5, 5.41) is 20.5. The number of aromatic amines is 1. The highest BCUT2D eigenvalue weighted by molar-refractivity contribution is 6.03. The maximum atomic E-state index is 13.2. The molecule has 3 N–H and O–H groups in total. The number of nitrogens with one attached hydrogen (secondary N) is 3. The quantitative estimate of drug-likeness (QED) is 0.253. The summed E-state index contributed by atoms with van der Waals surface area (Å²) < 4.78 is 0. The molecule has 5 aromatic rings. The van der Waals surface area contributed by atoms with Crippen molar-refractivity contribution in [3.05, 3.63) is 102 Å². The number of H-pyrrole nitrogens is 1. The van der Waals surface area contributed by atoms with Crippen LogP contribution in [0.3, 0.4) is 0 Å². The lowest BCUT2D eigenvalue weighted by Crippen LogP contribution is -2.27. The van der Waals surface area contributed by atoms with E-state index in [1.807, 2.05) is 61.5 Å². The highest BCUT2D eigenvalue weighted by atomic mass is 16.2. The average Bonchev–Trinajstić information content (AvgIpc) is 3.49. The Balaban J connectivity index is 1.41. The summed E-state index contributed by atoms with van der Waals surface area (Å²) in [7, 11) is 0. The lowest BCUT2D eigenvalue weighted by atomic mass is 9.97. The van der Waals surface area contributed by atoms with E-state index in [0.717, 1.165) is 53.0 Å². The highest BCUT2D eigenvalue weighted by Gasteiger charge is 2.22. The van der Waals surface area contributed by atoms with E-state index in [4.69, 9.17) is 0 Å². The third-order valence-corrected chi connectivity index (χ3v) is 6.79. The van der Waals surface area contributed by atoms with E-state index in [9.17, 15) is 4.79 Å². The van der Waals surface area contributed by atoms with Crippen LogP contribution >= 0.6 is 0 Å². The smallest absolute Gasteiger partial charge is 0.323 e. The molecule has 0 spiro atoms. The molecular weight excluding hydrogens is 474 g/mol. The van der Waals surface area contributed by atoms with Gasteiger partial charge in [0.25, 0.3) is 0 Å². The first-order valence-corrected chi connectivity index (χ1v) is 12.6. The molecule has 188 valence electrons. The van der Waals surface area contributed by atoms with Crippen LogP contribution in [0.5, 0.6) is 0 Å². The molecule has 0 aliphatic carbocycles. The molecule has 0 fully saturated rings. The van der Waals surface area contributed by atoms with Crippen molar-refractivity contribution in [1.29, 1.82) is 0 Å². The van der Waals surface area contributed by atoms with E-state index in [-0.39, 0.29) is 6.03 Å². The molecule has 4 aromatic carbocycles. The van der Waals surface area contributed by atoms with E-state index < -0.39 is 0 Å². The number of amides is 2. The van der Waals surface area contributed by atoms with Gasteiger partial charge in [-0.3, -0.25) is 0 Å². The molecule has 8 nitrogen and oxygen atoms in total. The van der Waals surface area contributed by atoms with Crippen molar-refractivity contribution in [2.45, 2.75) is 19.8 Å². The molecule has 6 rings (SSSR count). The molecule has 0 bridgehead atoms. The molecule has 2 amide bonds. The Morgan fingerprint density at radius 3 is 2.47 bits per heavy atom. The lowest BCUT2D eigenvalue weighted by Gasteiger charge is -2.33. The molecule has 1 aliphatic rings. The summed E-state index contributed by atoms with van der Waals surface area (Å²) in [6, 6.07) is 30.0. The van der Waals surface area contributed by atoms with Gasteiger partial charge in [-0.2, -0.15) is 0 Å². The lowest BCUT2D eigenvalue weighted by molar-refractivity contribution is 0.262. The SMILES string of the molecule is Cc1ccc(NC(=O)Nc2cc(-c3ccccc3-c3nnn[nH]3)ccc2N2CCCc3ccccc32)cc1. The second-order valence-electron chi connectivity index (χ2n) is 9.36. The van der Waals surface area contributed by atoms with Gasteiger partial charge in [0.15, 0.2) is 5.82 Å². The molecular formula is C30H27N7O. The Morgan fingerprint density at radius 1 is 0.868 bits per heavy atom. The molecule has 0 atom stereocenters. The van der Waals surface area contributed by atoms with Crippen LogP contribution in [0, 0.1) is 6.92 Å². The number of hydrogen-bond acceptors (Lipinski definition) is 5. The van der Waals surface area contributed by atoms with Crippen molar-refractivity contribution in [3.63, 3.8) is 0 Å². The van der Waals surface area contributed by atoms with Gasteiger partial charge in [0, 0.05) is 23.5 Å². The average molecular weight is 502 g/mol. The third kappa shape index (κ3) is 4.71. The first-order chi connectivity index (χ1) is 18.7. The minimum atomic E-state index is -0.301. The number of fused-ring (bicyclic) bond motifs is 1. The highest BCUT2D eigenvalue weighted by Crippen LogP contribution is 2.40. The van der Waals surface area contributed by atoms with E-state index in [1.165, 1.54) is 11.3 Å². The van der Waals surface area contributed by atoms with Gasteiger partial charge >= 0.3 is 6.03 Å². The molecule has 2 heterocycles. The van der Waals surface area contributed by atoms with Crippen molar-refractivity contribution in [3.8, 4) is 22.5 Å². The molecule has 8 heteroatoms. The van der Waals surface area contributed by atoms with Crippen molar-refractivity contribution < 1.29 is 4.79 Å². The number of tetrazole rings is 1. The first kappa shape index (κ1) is 23.4. The van der Waals surface area contributed by atoms with Gasteiger partial charge in [-0.1, -0.05) is 66.2 Å². The van der Waals surface area contributed by atoms with E-state index >= 15 is 0 Å². The summed E-state index contributed by atoms with van der Waals surface area (Å²) in [5.74, 6) is 0.584. The summed E-state index contributed by atoms with van der Waals surface area (Å²) in [5.41, 5.74) is 8.78. The van der Waals surface area contributed by atoms with Crippen LogP contribution in [0.2, 0.25) is 0 Å². The van der Waals surface area contributed by atoms with Crippen molar-refractivity contribution in [1.82, 2.24) is 20.6 Å². The van der Waals surface area contributed by atoms with Crippen LogP contribution in [-0.2, 0) is 6.42 Å². The van der Waals surface area contributed by atoms with E-state index in [1.54, 1.807) is 0 Å². The maximum Gasteiger partial charge on any atom is 0.323 e. The first-order valence-electron chi connectivity index (χ1n) is 12.6. The fourth-order valence-electron chi connectivity index (χ4n) is 4.96. The molecule has 0 saturated carbocycles. The van der Waals surface area contributed by atoms with Crippen LogP contribution < -0.4 is 15.5 Å². The number of urea groups is 1. The van der Waals surface area contributed by atoms with Crippen LogP contribution in [0.4, 0.5) is 27.5 Å².